The minimum atomic E-state index is -0.165. The molecule has 2 atom stereocenters. The van der Waals surface area contributed by atoms with E-state index in [0.29, 0.717) is 23.8 Å². The summed E-state index contributed by atoms with van der Waals surface area (Å²) < 4.78 is 5.59. The Bertz CT molecular complexity index is 254. The Balaban J connectivity index is 1.94. The quantitative estimate of drug-likeness (QED) is 0.526. The van der Waals surface area contributed by atoms with E-state index in [1.165, 1.54) is 32.1 Å². The Hall–Kier alpha value is -0.790. The summed E-state index contributed by atoms with van der Waals surface area (Å²) in [5.74, 6) is 1.11. The van der Waals surface area contributed by atoms with E-state index in [1.54, 1.807) is 0 Å². The Morgan fingerprint density at radius 1 is 1.27 bits per heavy atom. The third-order valence-corrected chi connectivity index (χ3v) is 3.95. The van der Waals surface area contributed by atoms with Crippen molar-refractivity contribution in [2.24, 2.45) is 11.8 Å². The van der Waals surface area contributed by atoms with Crippen LogP contribution in [-0.4, -0.2) is 12.1 Å². The maximum atomic E-state index is 11.6. The molecule has 0 spiro atoms. The molecule has 2 rings (SSSR count). The van der Waals surface area contributed by atoms with Crippen molar-refractivity contribution in [2.75, 3.05) is 0 Å². The topological polar surface area (TPSA) is 26.3 Å². The fourth-order valence-corrected chi connectivity index (χ4v) is 2.94. The van der Waals surface area contributed by atoms with Gasteiger partial charge in [0.05, 0.1) is 0 Å². The first-order valence-electron chi connectivity index (χ1n) is 6.11. The molecule has 2 bridgehead atoms. The highest BCUT2D eigenvalue weighted by molar-refractivity contribution is 5.87. The smallest absolute Gasteiger partial charge is 0.333 e. The van der Waals surface area contributed by atoms with Gasteiger partial charge in [0.1, 0.15) is 6.10 Å². The van der Waals surface area contributed by atoms with E-state index < -0.39 is 0 Å². The number of rotatable bonds is 3. The van der Waals surface area contributed by atoms with E-state index in [0.717, 1.165) is 0 Å². The Kier molecular flexibility index (Phi) is 3.13. The molecule has 0 aromatic heterocycles. The van der Waals surface area contributed by atoms with Crippen LogP contribution in [0.1, 0.15) is 45.4 Å². The third kappa shape index (κ3) is 2.09. The standard InChI is InChI=1S/C13H20O2/c1-3-9(2)13(14)15-12-10-5-4-6-11(12)8-7-10/h10-12H,2-8H2,1H3. The van der Waals surface area contributed by atoms with Gasteiger partial charge >= 0.3 is 5.97 Å². The van der Waals surface area contributed by atoms with Gasteiger partial charge in [0.25, 0.3) is 0 Å². The second-order valence-electron chi connectivity index (χ2n) is 4.86. The highest BCUT2D eigenvalue weighted by Gasteiger charge is 2.41. The van der Waals surface area contributed by atoms with E-state index in [1.807, 2.05) is 6.92 Å². The number of hydrogen-bond acceptors (Lipinski definition) is 2. The van der Waals surface area contributed by atoms with Crippen LogP contribution >= 0.6 is 0 Å². The minimum Gasteiger partial charge on any atom is -0.458 e. The monoisotopic (exact) mass is 208 g/mol. The van der Waals surface area contributed by atoms with Gasteiger partial charge in [0.15, 0.2) is 0 Å². The average Bonchev–Trinajstić information content (AvgIpc) is 2.50. The van der Waals surface area contributed by atoms with Gasteiger partial charge in [-0.15, -0.1) is 0 Å². The lowest BCUT2D eigenvalue weighted by atomic mass is 9.86. The van der Waals surface area contributed by atoms with Gasteiger partial charge in [-0.1, -0.05) is 19.9 Å². The summed E-state index contributed by atoms with van der Waals surface area (Å²) in [6.07, 6.45) is 7.20. The maximum Gasteiger partial charge on any atom is 0.333 e. The van der Waals surface area contributed by atoms with Crippen molar-refractivity contribution in [2.45, 2.75) is 51.6 Å². The van der Waals surface area contributed by atoms with Crippen molar-refractivity contribution < 1.29 is 9.53 Å². The molecular weight excluding hydrogens is 188 g/mol. The van der Waals surface area contributed by atoms with Crippen LogP contribution in [0.3, 0.4) is 0 Å². The molecule has 2 saturated carbocycles. The zero-order chi connectivity index (χ0) is 10.8. The zero-order valence-corrected chi connectivity index (χ0v) is 9.50. The largest absolute Gasteiger partial charge is 0.458 e. The van der Waals surface area contributed by atoms with E-state index in [2.05, 4.69) is 6.58 Å². The predicted molar refractivity (Wildman–Crippen MR) is 59.4 cm³/mol. The van der Waals surface area contributed by atoms with Crippen molar-refractivity contribution in [3.63, 3.8) is 0 Å². The maximum absolute atomic E-state index is 11.6. The molecule has 0 aliphatic heterocycles. The molecule has 0 radical (unpaired) electrons. The molecule has 0 amide bonds. The van der Waals surface area contributed by atoms with Crippen molar-refractivity contribution in [1.82, 2.24) is 0 Å². The second kappa shape index (κ2) is 4.38. The summed E-state index contributed by atoms with van der Waals surface area (Å²) in [7, 11) is 0. The molecule has 2 aliphatic rings. The third-order valence-electron chi connectivity index (χ3n) is 3.95. The normalized spacial score (nSPS) is 33.8. The van der Waals surface area contributed by atoms with Gasteiger partial charge < -0.3 is 4.74 Å². The number of carbonyl (C=O) groups excluding carboxylic acids is 1. The van der Waals surface area contributed by atoms with Gasteiger partial charge in [-0.3, -0.25) is 0 Å². The molecule has 2 aliphatic carbocycles. The second-order valence-corrected chi connectivity index (χ2v) is 4.86. The van der Waals surface area contributed by atoms with Crippen molar-refractivity contribution in [1.29, 1.82) is 0 Å². The van der Waals surface area contributed by atoms with Crippen LogP contribution in [-0.2, 0) is 9.53 Å². The van der Waals surface area contributed by atoms with E-state index in [-0.39, 0.29) is 12.1 Å². The molecule has 0 aromatic rings. The molecule has 2 nitrogen and oxygen atoms in total. The molecule has 0 N–H and O–H groups in total. The highest BCUT2D eigenvalue weighted by Crippen LogP contribution is 2.44. The van der Waals surface area contributed by atoms with Crippen LogP contribution in [0.4, 0.5) is 0 Å². The number of esters is 1. The number of ether oxygens (including phenoxy) is 1. The van der Waals surface area contributed by atoms with Gasteiger partial charge in [0, 0.05) is 5.57 Å². The lowest BCUT2D eigenvalue weighted by Gasteiger charge is -2.29. The molecule has 0 aromatic carbocycles. The minimum absolute atomic E-state index is 0.165. The van der Waals surface area contributed by atoms with Crippen LogP contribution in [0.15, 0.2) is 12.2 Å². The Morgan fingerprint density at radius 3 is 2.40 bits per heavy atom. The van der Waals surface area contributed by atoms with E-state index in [4.69, 9.17) is 4.74 Å². The fourth-order valence-electron chi connectivity index (χ4n) is 2.94. The summed E-state index contributed by atoms with van der Waals surface area (Å²) in [6, 6.07) is 0. The van der Waals surface area contributed by atoms with Gasteiger partial charge in [-0.05, 0) is 43.9 Å². The summed E-state index contributed by atoms with van der Waals surface area (Å²) in [5.41, 5.74) is 0.611. The summed E-state index contributed by atoms with van der Waals surface area (Å²) in [6.45, 7) is 5.68. The summed E-state index contributed by atoms with van der Waals surface area (Å²) >= 11 is 0. The van der Waals surface area contributed by atoms with Crippen LogP contribution in [0.2, 0.25) is 0 Å². The summed E-state index contributed by atoms with van der Waals surface area (Å²) in [5, 5.41) is 0. The van der Waals surface area contributed by atoms with Gasteiger partial charge in [0.2, 0.25) is 0 Å². The van der Waals surface area contributed by atoms with Crippen LogP contribution < -0.4 is 0 Å². The first-order valence-corrected chi connectivity index (χ1v) is 6.11. The molecular formula is C13H20O2. The molecule has 15 heavy (non-hydrogen) atoms. The van der Waals surface area contributed by atoms with Crippen molar-refractivity contribution in [3.05, 3.63) is 12.2 Å². The molecule has 0 heterocycles. The molecule has 2 heteroatoms. The van der Waals surface area contributed by atoms with Crippen LogP contribution in [0, 0.1) is 11.8 Å². The lowest BCUT2D eigenvalue weighted by Crippen LogP contribution is -2.31. The van der Waals surface area contributed by atoms with Crippen LogP contribution in [0.5, 0.6) is 0 Å². The predicted octanol–water partition coefficient (Wildman–Crippen LogP) is 3.07. The first-order chi connectivity index (χ1) is 7.22. The molecule has 2 unspecified atom stereocenters. The lowest BCUT2D eigenvalue weighted by molar-refractivity contribution is -0.149. The number of fused-ring (bicyclic) bond motifs is 2. The fraction of sp³-hybridized carbons (Fsp3) is 0.769. The zero-order valence-electron chi connectivity index (χ0n) is 9.50. The average molecular weight is 208 g/mol. The van der Waals surface area contributed by atoms with Gasteiger partial charge in [-0.25, -0.2) is 4.79 Å². The first kappa shape index (κ1) is 10.7. The Labute approximate surface area is 91.7 Å². The van der Waals surface area contributed by atoms with Crippen molar-refractivity contribution >= 4 is 5.97 Å². The molecule has 2 fully saturated rings. The van der Waals surface area contributed by atoms with Crippen LogP contribution in [0.25, 0.3) is 0 Å². The number of carbonyl (C=O) groups is 1. The molecule has 84 valence electrons. The van der Waals surface area contributed by atoms with Crippen molar-refractivity contribution in [3.8, 4) is 0 Å². The van der Waals surface area contributed by atoms with E-state index in [9.17, 15) is 4.79 Å². The summed E-state index contributed by atoms with van der Waals surface area (Å²) in [4.78, 5) is 11.6. The SMILES string of the molecule is C=C(CC)C(=O)OC1C2CCCC1CC2. The highest BCUT2D eigenvalue weighted by atomic mass is 16.5. The molecule has 0 saturated heterocycles. The number of hydrogen-bond donors (Lipinski definition) is 0. The Morgan fingerprint density at radius 2 is 1.87 bits per heavy atom. The van der Waals surface area contributed by atoms with Gasteiger partial charge in [-0.2, -0.15) is 0 Å². The van der Waals surface area contributed by atoms with E-state index >= 15 is 0 Å².